The molecule has 0 saturated carbocycles. The van der Waals surface area contributed by atoms with Gasteiger partial charge < -0.3 is 24.1 Å². The topological polar surface area (TPSA) is 99.2 Å². The molecule has 1 atom stereocenters. The van der Waals surface area contributed by atoms with Crippen LogP contribution in [0.2, 0.25) is 10.0 Å². The minimum atomic E-state index is -0.245. The van der Waals surface area contributed by atoms with Crippen LogP contribution >= 0.6 is 23.2 Å². The van der Waals surface area contributed by atoms with Gasteiger partial charge in [-0.05, 0) is 113 Å². The number of hydrogen-bond acceptors (Lipinski definition) is 5. The molecular weight excluding hydrogens is 745 g/mol. The summed E-state index contributed by atoms with van der Waals surface area (Å²) in [7, 11) is 3.89. The molecule has 10 nitrogen and oxygen atoms in total. The molecule has 5 heterocycles. The van der Waals surface area contributed by atoms with Gasteiger partial charge in [0.1, 0.15) is 11.4 Å². The Hall–Kier alpha value is -5.58. The molecule has 12 heteroatoms. The molecule has 0 spiro atoms. The van der Waals surface area contributed by atoms with Crippen LogP contribution in [0.25, 0.3) is 32.9 Å². The fourth-order valence-corrected chi connectivity index (χ4v) is 8.66. The third-order valence-electron chi connectivity index (χ3n) is 11.0. The first kappa shape index (κ1) is 37.3. The average molecular weight is 789 g/mol. The van der Waals surface area contributed by atoms with Crippen molar-refractivity contribution in [1.82, 2.24) is 23.9 Å². The normalized spacial score (nSPS) is 14.2. The van der Waals surface area contributed by atoms with Crippen LogP contribution in [0.15, 0.2) is 73.2 Å². The summed E-state index contributed by atoms with van der Waals surface area (Å²) >= 11 is 13.6. The fraction of sp³-hybridized carbons (Fsp3) is 0.273. The van der Waals surface area contributed by atoms with Gasteiger partial charge >= 0.3 is 0 Å². The third kappa shape index (κ3) is 6.30. The van der Waals surface area contributed by atoms with E-state index in [0.717, 1.165) is 77.5 Å². The summed E-state index contributed by atoms with van der Waals surface area (Å²) in [4.78, 5) is 34.5. The van der Waals surface area contributed by atoms with Crippen molar-refractivity contribution in [3.8, 4) is 16.9 Å². The molecule has 0 aliphatic carbocycles. The lowest BCUT2D eigenvalue weighted by atomic mass is 9.98. The van der Waals surface area contributed by atoms with Gasteiger partial charge in [0, 0.05) is 94.7 Å². The molecule has 4 aromatic heterocycles. The van der Waals surface area contributed by atoms with Gasteiger partial charge in [0.15, 0.2) is 0 Å². The highest BCUT2D eigenvalue weighted by molar-refractivity contribution is 6.35. The lowest BCUT2D eigenvalue weighted by molar-refractivity contribution is 0.0957. The van der Waals surface area contributed by atoms with Crippen LogP contribution in [0, 0.1) is 27.7 Å². The lowest BCUT2D eigenvalue weighted by Crippen LogP contribution is -2.42. The van der Waals surface area contributed by atoms with E-state index in [4.69, 9.17) is 33.0 Å². The van der Waals surface area contributed by atoms with Gasteiger partial charge in [-0.1, -0.05) is 29.3 Å². The molecule has 0 unspecified atom stereocenters. The van der Waals surface area contributed by atoms with E-state index in [1.165, 1.54) is 0 Å². The second-order valence-electron chi connectivity index (χ2n) is 14.8. The number of rotatable bonds is 9. The number of ether oxygens (including phenoxy) is 1. The van der Waals surface area contributed by atoms with Gasteiger partial charge in [-0.2, -0.15) is 5.10 Å². The Morgan fingerprint density at radius 1 is 0.946 bits per heavy atom. The Morgan fingerprint density at radius 3 is 2.38 bits per heavy atom. The number of carbonyl (C=O) groups is 2. The van der Waals surface area contributed by atoms with Crippen LogP contribution < -0.4 is 15.0 Å². The van der Waals surface area contributed by atoms with Crippen molar-refractivity contribution >= 4 is 68.2 Å². The number of aryl methyl sites for hydroxylation is 6. The quantitative estimate of drug-likeness (QED) is 0.147. The SMILES string of the molecule is Cc1cc(OCCCc2c3n(c4c(-c5c(C)nn(C)c5C)c(Cl)ccc24)[C@H](C)CN(c2cn(C)c4ccc(C(=O)Nc5ccncc5)cc24)C3=O)cc(C)c1Cl. The Bertz CT molecular complexity index is 2690. The number of benzene rings is 3. The van der Waals surface area contributed by atoms with E-state index >= 15 is 4.79 Å². The van der Waals surface area contributed by atoms with Crippen LogP contribution in [0.3, 0.4) is 0 Å². The number of nitrogens with zero attached hydrogens (tertiary/aromatic N) is 6. The summed E-state index contributed by atoms with van der Waals surface area (Å²) in [6.07, 6.45) is 6.51. The minimum absolute atomic E-state index is 0.111. The maximum atomic E-state index is 15.2. The third-order valence-corrected chi connectivity index (χ3v) is 11.9. The molecule has 1 N–H and O–H groups in total. The monoisotopic (exact) mass is 787 g/mol. The second kappa shape index (κ2) is 14.5. The van der Waals surface area contributed by atoms with Crippen molar-refractivity contribution in [1.29, 1.82) is 0 Å². The van der Waals surface area contributed by atoms with E-state index in [1.807, 2.05) is 105 Å². The molecule has 3 aromatic carbocycles. The number of carbonyl (C=O) groups excluding carboxylic acids is 2. The zero-order valence-electron chi connectivity index (χ0n) is 32.5. The predicted octanol–water partition coefficient (Wildman–Crippen LogP) is 9.95. The van der Waals surface area contributed by atoms with Crippen LogP contribution in [-0.2, 0) is 20.5 Å². The average Bonchev–Trinajstić information content (AvgIpc) is 3.78. The first-order valence-corrected chi connectivity index (χ1v) is 19.5. The minimum Gasteiger partial charge on any atom is -0.494 e. The van der Waals surface area contributed by atoms with E-state index < -0.39 is 0 Å². The number of pyridine rings is 1. The Labute approximate surface area is 335 Å². The molecule has 2 amide bonds. The van der Waals surface area contributed by atoms with Crippen molar-refractivity contribution in [3.63, 3.8) is 0 Å². The maximum absolute atomic E-state index is 15.2. The summed E-state index contributed by atoms with van der Waals surface area (Å²) in [5, 5.41) is 10.8. The number of amides is 2. The highest BCUT2D eigenvalue weighted by Gasteiger charge is 2.37. The number of anilines is 2. The van der Waals surface area contributed by atoms with Crippen molar-refractivity contribution in [3.05, 3.63) is 123 Å². The molecule has 0 fully saturated rings. The van der Waals surface area contributed by atoms with E-state index in [-0.39, 0.29) is 17.9 Å². The summed E-state index contributed by atoms with van der Waals surface area (Å²) in [5.41, 5.74) is 11.0. The Balaban J connectivity index is 1.23. The highest BCUT2D eigenvalue weighted by Crippen LogP contribution is 2.46. The first-order chi connectivity index (χ1) is 26.8. The molecule has 1 aliphatic rings. The van der Waals surface area contributed by atoms with Crippen molar-refractivity contribution in [2.75, 3.05) is 23.4 Å². The Morgan fingerprint density at radius 2 is 1.68 bits per heavy atom. The molecule has 7 aromatic rings. The van der Waals surface area contributed by atoms with Crippen molar-refractivity contribution < 1.29 is 14.3 Å². The van der Waals surface area contributed by atoms with Gasteiger partial charge in [-0.25, -0.2) is 0 Å². The number of hydrogen-bond donors (Lipinski definition) is 1. The van der Waals surface area contributed by atoms with Gasteiger partial charge in [0.05, 0.1) is 28.5 Å². The van der Waals surface area contributed by atoms with Gasteiger partial charge in [0.25, 0.3) is 11.8 Å². The fourth-order valence-electron chi connectivity index (χ4n) is 8.30. The van der Waals surface area contributed by atoms with E-state index in [0.29, 0.717) is 48.0 Å². The molecule has 0 bridgehead atoms. The van der Waals surface area contributed by atoms with Crippen LogP contribution in [0.4, 0.5) is 11.4 Å². The van der Waals surface area contributed by atoms with E-state index in [9.17, 15) is 4.79 Å². The zero-order valence-corrected chi connectivity index (χ0v) is 34.0. The van der Waals surface area contributed by atoms with Gasteiger partial charge in [-0.3, -0.25) is 19.3 Å². The number of fused-ring (bicyclic) bond motifs is 4. The Kier molecular flexibility index (Phi) is 9.66. The van der Waals surface area contributed by atoms with Gasteiger partial charge in [-0.15, -0.1) is 0 Å². The smallest absolute Gasteiger partial charge is 0.275 e. The number of halogens is 2. The highest BCUT2D eigenvalue weighted by atomic mass is 35.5. The number of nitrogens with one attached hydrogen (secondary N) is 1. The summed E-state index contributed by atoms with van der Waals surface area (Å²) in [5.74, 6) is 0.413. The molecule has 56 heavy (non-hydrogen) atoms. The predicted molar refractivity (Wildman–Crippen MR) is 225 cm³/mol. The van der Waals surface area contributed by atoms with Gasteiger partial charge in [0.2, 0.25) is 0 Å². The van der Waals surface area contributed by atoms with Crippen molar-refractivity contribution in [2.24, 2.45) is 14.1 Å². The maximum Gasteiger partial charge on any atom is 0.275 e. The van der Waals surface area contributed by atoms with Crippen LogP contribution in [0.1, 0.15) is 68.3 Å². The first-order valence-electron chi connectivity index (χ1n) is 18.7. The van der Waals surface area contributed by atoms with E-state index in [1.54, 1.807) is 24.5 Å². The summed E-state index contributed by atoms with van der Waals surface area (Å²) < 4.78 is 12.3. The lowest BCUT2D eigenvalue weighted by Gasteiger charge is -2.34. The standard InChI is InChI=1S/C44H43Cl2N7O3/c1-24-19-31(20-25(2)40(24)46)56-18-8-9-32-33-11-12-35(45)39(38-27(4)49-51(7)28(38)5)41(33)53-26(3)22-52(44(55)42(32)53)37-23-50(6)36-13-10-29(21-34(36)37)43(54)48-30-14-16-47-17-15-30/h10-17,19-21,23,26H,8-9,18,22H2,1-7H3,(H,47,48,54)/t26-/m1/s1. The van der Waals surface area contributed by atoms with Crippen LogP contribution in [0.5, 0.6) is 5.75 Å². The molecule has 0 radical (unpaired) electrons. The van der Waals surface area contributed by atoms with Crippen molar-refractivity contribution in [2.45, 2.75) is 53.5 Å². The molecule has 0 saturated heterocycles. The van der Waals surface area contributed by atoms with Crippen LogP contribution in [-0.4, -0.2) is 48.9 Å². The number of aromatic nitrogens is 5. The largest absolute Gasteiger partial charge is 0.494 e. The summed E-state index contributed by atoms with van der Waals surface area (Å²) in [6.45, 7) is 11.0. The second-order valence-corrected chi connectivity index (χ2v) is 15.6. The molecule has 8 rings (SSSR count). The molecular formula is C44H43Cl2N7O3. The molecule has 1 aliphatic heterocycles. The summed E-state index contributed by atoms with van der Waals surface area (Å²) in [6, 6.07) is 16.9. The molecule has 286 valence electrons. The zero-order chi connectivity index (χ0) is 39.6. The van der Waals surface area contributed by atoms with E-state index in [2.05, 4.69) is 21.8 Å².